The normalized spacial score (nSPS) is 13.8. The van der Waals surface area contributed by atoms with E-state index in [1.807, 2.05) is 30.6 Å². The summed E-state index contributed by atoms with van der Waals surface area (Å²) >= 11 is 0. The van der Waals surface area contributed by atoms with Crippen LogP contribution in [-0.4, -0.2) is 59.5 Å². The van der Waals surface area contributed by atoms with Crippen LogP contribution in [0.4, 0.5) is 11.4 Å². The molecule has 0 aliphatic carbocycles. The standard InChI is InChI=1S/C23H22N6O3/c1-31-21-5-3-17(13-25-21)26-23(30)22-19-11-15(2-4-20(19)27-28-22)16-10-18(14-24-12-16)29-6-8-32-9-7-29/h2-5,10-14H,6-9H2,1H3,(H,26,30)(H,27,28). The van der Waals surface area contributed by atoms with Gasteiger partial charge in [-0.3, -0.25) is 14.9 Å². The van der Waals surface area contributed by atoms with E-state index in [0.29, 0.717) is 30.5 Å². The molecule has 0 unspecified atom stereocenters. The number of H-pyrrole nitrogens is 1. The molecular weight excluding hydrogens is 408 g/mol. The minimum Gasteiger partial charge on any atom is -0.481 e. The Labute approximate surface area is 184 Å². The molecule has 1 saturated heterocycles. The Kier molecular flexibility index (Phi) is 5.39. The molecule has 1 aliphatic heterocycles. The van der Waals surface area contributed by atoms with Crippen LogP contribution in [0.25, 0.3) is 22.0 Å². The Morgan fingerprint density at radius 2 is 1.97 bits per heavy atom. The predicted octanol–water partition coefficient (Wildman–Crippen LogP) is 3.12. The molecule has 0 radical (unpaired) electrons. The predicted molar refractivity (Wildman–Crippen MR) is 121 cm³/mol. The molecule has 9 heteroatoms. The first-order chi connectivity index (χ1) is 15.7. The SMILES string of the molecule is COc1ccc(NC(=O)c2n[nH]c3ccc(-c4cncc(N5CCOCC5)c4)cc23)cn1. The van der Waals surface area contributed by atoms with E-state index >= 15 is 0 Å². The average Bonchev–Trinajstić information content (AvgIpc) is 3.29. The second kappa shape index (κ2) is 8.64. The number of pyridine rings is 2. The third kappa shape index (κ3) is 3.97. The molecule has 1 aromatic carbocycles. The van der Waals surface area contributed by atoms with Gasteiger partial charge in [0.25, 0.3) is 5.91 Å². The van der Waals surface area contributed by atoms with Gasteiger partial charge in [0.2, 0.25) is 5.88 Å². The van der Waals surface area contributed by atoms with E-state index in [1.54, 1.807) is 25.4 Å². The number of carbonyl (C=O) groups is 1. The number of amides is 1. The Morgan fingerprint density at radius 1 is 1.09 bits per heavy atom. The number of morpholine rings is 1. The van der Waals surface area contributed by atoms with Gasteiger partial charge in [0, 0.05) is 36.3 Å². The van der Waals surface area contributed by atoms with E-state index in [2.05, 4.69) is 36.4 Å². The van der Waals surface area contributed by atoms with Crippen LogP contribution in [-0.2, 0) is 4.74 Å². The van der Waals surface area contributed by atoms with E-state index < -0.39 is 0 Å². The van der Waals surface area contributed by atoms with Gasteiger partial charge in [-0.15, -0.1) is 0 Å². The molecule has 0 bridgehead atoms. The maximum absolute atomic E-state index is 12.9. The number of ether oxygens (including phenoxy) is 2. The number of aromatic nitrogens is 4. The number of methoxy groups -OCH3 is 1. The lowest BCUT2D eigenvalue weighted by Gasteiger charge is -2.28. The molecule has 1 aliphatic rings. The van der Waals surface area contributed by atoms with E-state index in [-0.39, 0.29) is 5.91 Å². The fraction of sp³-hybridized carbons (Fsp3) is 0.217. The summed E-state index contributed by atoms with van der Waals surface area (Å²) in [6.45, 7) is 3.12. The molecule has 2 N–H and O–H groups in total. The molecular formula is C23H22N6O3. The number of hydrogen-bond donors (Lipinski definition) is 2. The number of aromatic amines is 1. The molecule has 0 spiro atoms. The van der Waals surface area contributed by atoms with Crippen molar-refractivity contribution in [1.82, 2.24) is 20.2 Å². The van der Waals surface area contributed by atoms with Gasteiger partial charge < -0.3 is 19.7 Å². The van der Waals surface area contributed by atoms with Crippen LogP contribution in [0.1, 0.15) is 10.5 Å². The number of benzene rings is 1. The van der Waals surface area contributed by atoms with E-state index in [0.717, 1.165) is 40.8 Å². The molecule has 0 saturated carbocycles. The maximum atomic E-state index is 12.9. The Hall–Kier alpha value is -3.98. The average molecular weight is 430 g/mol. The molecule has 3 aromatic heterocycles. The lowest BCUT2D eigenvalue weighted by molar-refractivity contribution is 0.102. The van der Waals surface area contributed by atoms with E-state index in [9.17, 15) is 4.79 Å². The summed E-state index contributed by atoms with van der Waals surface area (Å²) in [6, 6.07) is 11.4. The molecule has 9 nitrogen and oxygen atoms in total. The minimum atomic E-state index is -0.319. The Balaban J connectivity index is 1.43. The van der Waals surface area contributed by atoms with Gasteiger partial charge in [0.1, 0.15) is 0 Å². The molecule has 1 fully saturated rings. The fourth-order valence-electron chi connectivity index (χ4n) is 3.71. The van der Waals surface area contributed by atoms with Crippen LogP contribution in [0.5, 0.6) is 5.88 Å². The molecule has 4 heterocycles. The molecule has 0 atom stereocenters. The zero-order valence-corrected chi connectivity index (χ0v) is 17.5. The smallest absolute Gasteiger partial charge is 0.276 e. The molecule has 32 heavy (non-hydrogen) atoms. The van der Waals surface area contributed by atoms with Gasteiger partial charge in [0.15, 0.2) is 5.69 Å². The summed E-state index contributed by atoms with van der Waals surface area (Å²) in [7, 11) is 1.54. The first-order valence-corrected chi connectivity index (χ1v) is 10.3. The Morgan fingerprint density at radius 3 is 2.75 bits per heavy atom. The Bertz CT molecular complexity index is 1250. The van der Waals surface area contributed by atoms with Crippen molar-refractivity contribution >= 4 is 28.2 Å². The lowest BCUT2D eigenvalue weighted by Crippen LogP contribution is -2.36. The van der Waals surface area contributed by atoms with Crippen molar-refractivity contribution in [2.75, 3.05) is 43.6 Å². The van der Waals surface area contributed by atoms with Gasteiger partial charge in [-0.05, 0) is 29.8 Å². The topological polar surface area (TPSA) is 105 Å². The zero-order valence-electron chi connectivity index (χ0n) is 17.5. The summed E-state index contributed by atoms with van der Waals surface area (Å²) in [5, 5.41) is 10.7. The first kappa shape index (κ1) is 20.0. The molecule has 4 aromatic rings. The number of carbonyl (C=O) groups excluding carboxylic acids is 1. The summed E-state index contributed by atoms with van der Waals surface area (Å²) in [4.78, 5) is 23.7. The third-order valence-electron chi connectivity index (χ3n) is 5.41. The van der Waals surface area contributed by atoms with Crippen molar-refractivity contribution in [3.8, 4) is 17.0 Å². The first-order valence-electron chi connectivity index (χ1n) is 10.3. The highest BCUT2D eigenvalue weighted by molar-refractivity contribution is 6.11. The quantitative estimate of drug-likeness (QED) is 0.501. The van der Waals surface area contributed by atoms with Gasteiger partial charge in [-0.25, -0.2) is 4.98 Å². The van der Waals surface area contributed by atoms with Crippen molar-refractivity contribution in [3.63, 3.8) is 0 Å². The van der Waals surface area contributed by atoms with Gasteiger partial charge in [0.05, 0.1) is 49.6 Å². The van der Waals surface area contributed by atoms with Crippen LogP contribution in [0, 0.1) is 0 Å². The van der Waals surface area contributed by atoms with Crippen LogP contribution >= 0.6 is 0 Å². The van der Waals surface area contributed by atoms with Gasteiger partial charge >= 0.3 is 0 Å². The summed E-state index contributed by atoms with van der Waals surface area (Å²) in [5.41, 5.74) is 4.65. The minimum absolute atomic E-state index is 0.315. The number of rotatable bonds is 5. The van der Waals surface area contributed by atoms with Crippen LogP contribution in [0.2, 0.25) is 0 Å². The van der Waals surface area contributed by atoms with Crippen molar-refractivity contribution in [1.29, 1.82) is 0 Å². The fourth-order valence-corrected chi connectivity index (χ4v) is 3.71. The van der Waals surface area contributed by atoms with E-state index in [4.69, 9.17) is 9.47 Å². The lowest BCUT2D eigenvalue weighted by atomic mass is 10.0. The summed E-state index contributed by atoms with van der Waals surface area (Å²) in [5.74, 6) is 0.159. The number of hydrogen-bond acceptors (Lipinski definition) is 7. The maximum Gasteiger partial charge on any atom is 0.276 e. The van der Waals surface area contributed by atoms with Crippen molar-refractivity contribution in [2.45, 2.75) is 0 Å². The second-order valence-corrected chi connectivity index (χ2v) is 7.41. The highest BCUT2D eigenvalue weighted by Gasteiger charge is 2.17. The zero-order chi connectivity index (χ0) is 21.9. The number of nitrogens with zero attached hydrogens (tertiary/aromatic N) is 4. The number of nitrogens with one attached hydrogen (secondary N) is 2. The molecule has 5 rings (SSSR count). The number of fused-ring (bicyclic) bond motifs is 1. The molecule has 162 valence electrons. The second-order valence-electron chi connectivity index (χ2n) is 7.41. The largest absolute Gasteiger partial charge is 0.481 e. The van der Waals surface area contributed by atoms with Crippen LogP contribution < -0.4 is 15.0 Å². The van der Waals surface area contributed by atoms with Gasteiger partial charge in [-0.2, -0.15) is 5.10 Å². The van der Waals surface area contributed by atoms with E-state index in [1.165, 1.54) is 0 Å². The molecule has 1 amide bonds. The van der Waals surface area contributed by atoms with Crippen LogP contribution in [0.3, 0.4) is 0 Å². The third-order valence-corrected chi connectivity index (χ3v) is 5.41. The van der Waals surface area contributed by atoms with Crippen LogP contribution in [0.15, 0.2) is 55.0 Å². The highest BCUT2D eigenvalue weighted by Crippen LogP contribution is 2.28. The van der Waals surface area contributed by atoms with Crippen molar-refractivity contribution in [3.05, 3.63) is 60.7 Å². The van der Waals surface area contributed by atoms with Crippen molar-refractivity contribution < 1.29 is 14.3 Å². The number of anilines is 2. The highest BCUT2D eigenvalue weighted by atomic mass is 16.5. The van der Waals surface area contributed by atoms with Gasteiger partial charge in [-0.1, -0.05) is 6.07 Å². The van der Waals surface area contributed by atoms with Crippen molar-refractivity contribution in [2.24, 2.45) is 0 Å². The summed E-state index contributed by atoms with van der Waals surface area (Å²) in [6.07, 6.45) is 5.24. The summed E-state index contributed by atoms with van der Waals surface area (Å²) < 4.78 is 10.5. The monoisotopic (exact) mass is 430 g/mol.